The van der Waals surface area contributed by atoms with Gasteiger partial charge in [0.1, 0.15) is 5.75 Å². The third-order valence-electron chi connectivity index (χ3n) is 3.32. The minimum Gasteiger partial charge on any atom is -0.508 e. The Morgan fingerprint density at radius 3 is 2.33 bits per heavy atom. The zero-order chi connectivity index (χ0) is 13.7. The molecule has 0 bridgehead atoms. The molecule has 0 aliphatic heterocycles. The highest BCUT2D eigenvalue weighted by Gasteiger charge is 2.18. The minimum absolute atomic E-state index is 0.118. The second kappa shape index (κ2) is 6.43. The molecule has 2 N–H and O–H groups in total. The molecule has 1 aromatic carbocycles. The molecule has 1 aromatic rings. The largest absolute Gasteiger partial charge is 0.508 e. The van der Waals surface area contributed by atoms with Crippen LogP contribution in [0.15, 0.2) is 24.3 Å². The van der Waals surface area contributed by atoms with Crippen LogP contribution in [0.25, 0.3) is 0 Å². The molecular weight excluding hydrogens is 226 g/mol. The van der Waals surface area contributed by atoms with Gasteiger partial charge >= 0.3 is 0 Å². The van der Waals surface area contributed by atoms with E-state index in [0.717, 1.165) is 0 Å². The first-order valence-electron chi connectivity index (χ1n) is 6.49. The first-order chi connectivity index (χ1) is 8.41. The van der Waals surface area contributed by atoms with E-state index < -0.39 is 0 Å². The summed E-state index contributed by atoms with van der Waals surface area (Å²) in [6, 6.07) is 6.42. The van der Waals surface area contributed by atoms with Crippen molar-refractivity contribution in [3.63, 3.8) is 0 Å². The predicted molar refractivity (Wildman–Crippen MR) is 73.6 cm³/mol. The van der Waals surface area contributed by atoms with Crippen LogP contribution in [0, 0.1) is 17.8 Å². The van der Waals surface area contributed by atoms with Crippen molar-refractivity contribution in [2.45, 2.75) is 27.7 Å². The van der Waals surface area contributed by atoms with Gasteiger partial charge in [-0.1, -0.05) is 33.8 Å². The Hall–Kier alpha value is -1.51. The molecule has 0 aliphatic rings. The third-order valence-corrected chi connectivity index (χ3v) is 3.32. The van der Waals surface area contributed by atoms with Crippen molar-refractivity contribution >= 4 is 5.91 Å². The van der Waals surface area contributed by atoms with E-state index in [2.05, 4.69) is 33.0 Å². The summed E-state index contributed by atoms with van der Waals surface area (Å²) in [6.07, 6.45) is 0. The Kier molecular flexibility index (Phi) is 5.20. The zero-order valence-corrected chi connectivity index (χ0v) is 11.6. The minimum atomic E-state index is -0.128. The van der Waals surface area contributed by atoms with E-state index >= 15 is 0 Å². The van der Waals surface area contributed by atoms with Gasteiger partial charge in [-0.05, 0) is 36.0 Å². The number of nitrogens with one attached hydrogen (secondary N) is 1. The normalized spacial score (nSPS) is 11.3. The summed E-state index contributed by atoms with van der Waals surface area (Å²) in [7, 11) is 0. The Labute approximate surface area is 109 Å². The lowest BCUT2D eigenvalue weighted by atomic mass is 9.85. The van der Waals surface area contributed by atoms with E-state index in [1.807, 2.05) is 0 Å². The Bertz CT molecular complexity index is 391. The second-order valence-electron chi connectivity index (χ2n) is 5.41. The highest BCUT2D eigenvalue weighted by atomic mass is 16.3. The summed E-state index contributed by atoms with van der Waals surface area (Å²) < 4.78 is 0. The van der Waals surface area contributed by atoms with Crippen molar-refractivity contribution in [3.8, 4) is 5.75 Å². The van der Waals surface area contributed by atoms with Gasteiger partial charge in [0.15, 0.2) is 0 Å². The number of phenolic OH excluding ortho intramolecular Hbond substituents is 1. The van der Waals surface area contributed by atoms with Crippen molar-refractivity contribution in [2.75, 3.05) is 6.54 Å². The average molecular weight is 249 g/mol. The van der Waals surface area contributed by atoms with Crippen LogP contribution in [0.4, 0.5) is 0 Å². The number of phenols is 1. The highest BCUT2D eigenvalue weighted by molar-refractivity contribution is 5.94. The summed E-state index contributed by atoms with van der Waals surface area (Å²) in [5.74, 6) is 1.53. The van der Waals surface area contributed by atoms with Gasteiger partial charge < -0.3 is 10.4 Å². The lowest BCUT2D eigenvalue weighted by molar-refractivity contribution is 0.0937. The SMILES string of the molecule is CC(C)C(CNC(=O)c1cccc(O)c1)C(C)C. The maximum Gasteiger partial charge on any atom is 0.251 e. The fourth-order valence-corrected chi connectivity index (χ4v) is 2.20. The van der Waals surface area contributed by atoms with Gasteiger partial charge in [-0.3, -0.25) is 4.79 Å². The molecule has 0 atom stereocenters. The Morgan fingerprint density at radius 2 is 1.83 bits per heavy atom. The van der Waals surface area contributed by atoms with Gasteiger partial charge in [0.2, 0.25) is 0 Å². The first kappa shape index (κ1) is 14.6. The van der Waals surface area contributed by atoms with Crippen LogP contribution in [0.5, 0.6) is 5.75 Å². The fraction of sp³-hybridized carbons (Fsp3) is 0.533. The van der Waals surface area contributed by atoms with Crippen molar-refractivity contribution in [2.24, 2.45) is 17.8 Å². The van der Waals surface area contributed by atoms with E-state index in [1.54, 1.807) is 18.2 Å². The molecule has 100 valence electrons. The summed E-state index contributed by atoms with van der Waals surface area (Å²) >= 11 is 0. The summed E-state index contributed by atoms with van der Waals surface area (Å²) in [5, 5.41) is 12.3. The van der Waals surface area contributed by atoms with Crippen LogP contribution >= 0.6 is 0 Å². The van der Waals surface area contributed by atoms with E-state index in [0.29, 0.717) is 29.9 Å². The van der Waals surface area contributed by atoms with Gasteiger partial charge in [-0.2, -0.15) is 0 Å². The van der Waals surface area contributed by atoms with Crippen LogP contribution in [-0.2, 0) is 0 Å². The molecule has 18 heavy (non-hydrogen) atoms. The predicted octanol–water partition coefficient (Wildman–Crippen LogP) is 3.05. The van der Waals surface area contributed by atoms with Gasteiger partial charge in [-0.15, -0.1) is 0 Å². The number of hydrogen-bond acceptors (Lipinski definition) is 2. The molecule has 3 nitrogen and oxygen atoms in total. The lowest BCUT2D eigenvalue weighted by Gasteiger charge is -2.25. The molecule has 0 aliphatic carbocycles. The van der Waals surface area contributed by atoms with Gasteiger partial charge in [-0.25, -0.2) is 0 Å². The topological polar surface area (TPSA) is 49.3 Å². The second-order valence-corrected chi connectivity index (χ2v) is 5.41. The van der Waals surface area contributed by atoms with Gasteiger partial charge in [0.25, 0.3) is 5.91 Å². The average Bonchev–Trinajstić information content (AvgIpc) is 2.28. The summed E-state index contributed by atoms with van der Waals surface area (Å²) in [6.45, 7) is 9.36. The van der Waals surface area contributed by atoms with E-state index in [1.165, 1.54) is 6.07 Å². The van der Waals surface area contributed by atoms with Gasteiger partial charge in [0, 0.05) is 12.1 Å². The van der Waals surface area contributed by atoms with Crippen molar-refractivity contribution in [1.29, 1.82) is 0 Å². The molecule has 3 heteroatoms. The molecule has 0 unspecified atom stereocenters. The number of amides is 1. The zero-order valence-electron chi connectivity index (χ0n) is 11.6. The lowest BCUT2D eigenvalue weighted by Crippen LogP contribution is -2.33. The quantitative estimate of drug-likeness (QED) is 0.842. The molecular formula is C15H23NO2. The maximum absolute atomic E-state index is 11.9. The molecule has 0 spiro atoms. The van der Waals surface area contributed by atoms with E-state index in [9.17, 15) is 9.90 Å². The summed E-state index contributed by atoms with van der Waals surface area (Å²) in [4.78, 5) is 11.9. The summed E-state index contributed by atoms with van der Waals surface area (Å²) in [5.41, 5.74) is 0.501. The number of carbonyl (C=O) groups excluding carboxylic acids is 1. The number of carbonyl (C=O) groups is 1. The third kappa shape index (κ3) is 4.06. The standard InChI is InChI=1S/C15H23NO2/c1-10(2)14(11(3)4)9-16-15(18)12-6-5-7-13(17)8-12/h5-8,10-11,14,17H,9H2,1-4H3,(H,16,18). The van der Waals surface area contributed by atoms with Crippen LogP contribution in [0.1, 0.15) is 38.1 Å². The molecule has 0 saturated carbocycles. The Morgan fingerprint density at radius 1 is 1.22 bits per heavy atom. The highest BCUT2D eigenvalue weighted by Crippen LogP contribution is 2.19. The molecule has 0 saturated heterocycles. The number of rotatable bonds is 5. The van der Waals surface area contributed by atoms with Crippen molar-refractivity contribution < 1.29 is 9.90 Å². The molecule has 0 heterocycles. The van der Waals surface area contributed by atoms with Gasteiger partial charge in [0.05, 0.1) is 0 Å². The number of aromatic hydroxyl groups is 1. The monoisotopic (exact) mass is 249 g/mol. The smallest absolute Gasteiger partial charge is 0.251 e. The van der Waals surface area contributed by atoms with E-state index in [4.69, 9.17) is 0 Å². The fourth-order valence-electron chi connectivity index (χ4n) is 2.20. The van der Waals surface area contributed by atoms with Crippen LogP contribution < -0.4 is 5.32 Å². The molecule has 1 amide bonds. The number of hydrogen-bond donors (Lipinski definition) is 2. The number of benzene rings is 1. The molecule has 0 radical (unpaired) electrons. The Balaban J connectivity index is 2.60. The first-order valence-corrected chi connectivity index (χ1v) is 6.49. The van der Waals surface area contributed by atoms with E-state index in [-0.39, 0.29) is 11.7 Å². The van der Waals surface area contributed by atoms with Crippen LogP contribution in [0.2, 0.25) is 0 Å². The molecule has 1 rings (SSSR count). The van der Waals surface area contributed by atoms with Crippen LogP contribution in [0.3, 0.4) is 0 Å². The van der Waals surface area contributed by atoms with Crippen molar-refractivity contribution in [3.05, 3.63) is 29.8 Å². The van der Waals surface area contributed by atoms with Crippen molar-refractivity contribution in [1.82, 2.24) is 5.32 Å². The molecule has 0 fully saturated rings. The van der Waals surface area contributed by atoms with Crippen LogP contribution in [-0.4, -0.2) is 17.6 Å². The molecule has 0 aromatic heterocycles. The maximum atomic E-state index is 11.9.